The summed E-state index contributed by atoms with van der Waals surface area (Å²) >= 11 is 1.90. The third-order valence-electron chi connectivity index (χ3n) is 8.76. The Bertz CT molecular complexity index is 1290. The van der Waals surface area contributed by atoms with Gasteiger partial charge in [-0.2, -0.15) is 0 Å². The van der Waals surface area contributed by atoms with Gasteiger partial charge in [0.25, 0.3) is 5.91 Å². The normalized spacial score (nSPS) is 20.2. The zero-order valence-corrected chi connectivity index (χ0v) is 23.0. The number of rotatable bonds is 3. The van der Waals surface area contributed by atoms with Crippen LogP contribution in [0.15, 0.2) is 70.5 Å². The van der Waals surface area contributed by atoms with Crippen LogP contribution in [-0.2, 0) is 6.42 Å². The predicted octanol–water partition coefficient (Wildman–Crippen LogP) is 7.64. The zero-order valence-electron chi connectivity index (χ0n) is 22.2. The molecule has 0 N–H and O–H groups in total. The molecule has 1 unspecified atom stereocenters. The summed E-state index contributed by atoms with van der Waals surface area (Å²) in [5.41, 5.74) is 7.64. The average molecular weight is 511 g/mol. The van der Waals surface area contributed by atoms with Gasteiger partial charge in [0.05, 0.1) is 0 Å². The fourth-order valence-corrected chi connectivity index (χ4v) is 7.90. The second-order valence-corrected chi connectivity index (χ2v) is 12.3. The maximum Gasteiger partial charge on any atom is 0.253 e. The van der Waals surface area contributed by atoms with E-state index in [2.05, 4.69) is 84.3 Å². The van der Waals surface area contributed by atoms with E-state index in [1.807, 2.05) is 11.8 Å². The molecule has 1 aliphatic carbocycles. The van der Waals surface area contributed by atoms with E-state index in [0.29, 0.717) is 5.92 Å². The molecule has 2 fully saturated rings. The summed E-state index contributed by atoms with van der Waals surface area (Å²) in [6.07, 6.45) is 7.81. The van der Waals surface area contributed by atoms with Crippen LogP contribution in [0, 0.1) is 19.8 Å². The molecule has 3 aromatic rings. The number of hydrogen-bond donors (Lipinski definition) is 0. The Kier molecular flexibility index (Phi) is 7.03. The van der Waals surface area contributed by atoms with Crippen molar-refractivity contribution in [1.29, 1.82) is 0 Å². The van der Waals surface area contributed by atoms with Crippen LogP contribution in [0.4, 0.5) is 5.69 Å². The van der Waals surface area contributed by atoms with Gasteiger partial charge in [0.1, 0.15) is 0 Å². The Labute approximate surface area is 226 Å². The lowest BCUT2D eigenvalue weighted by Crippen LogP contribution is -2.49. The number of piperazine rings is 1. The molecule has 0 radical (unpaired) electrons. The van der Waals surface area contributed by atoms with Crippen LogP contribution in [0.2, 0.25) is 0 Å². The topological polar surface area (TPSA) is 23.6 Å². The van der Waals surface area contributed by atoms with Crippen LogP contribution in [0.1, 0.15) is 70.6 Å². The van der Waals surface area contributed by atoms with Gasteiger partial charge in [-0.05, 0) is 92.0 Å². The number of benzene rings is 3. The Balaban J connectivity index is 1.20. The molecule has 0 spiro atoms. The second-order valence-electron chi connectivity index (χ2n) is 11.2. The van der Waals surface area contributed by atoms with Gasteiger partial charge in [-0.15, -0.1) is 0 Å². The highest BCUT2D eigenvalue weighted by Gasteiger charge is 2.31. The van der Waals surface area contributed by atoms with E-state index >= 15 is 0 Å². The van der Waals surface area contributed by atoms with Gasteiger partial charge in [-0.3, -0.25) is 4.79 Å². The van der Waals surface area contributed by atoms with E-state index in [9.17, 15) is 4.79 Å². The quantitative estimate of drug-likeness (QED) is 0.362. The SMILES string of the molecule is Cc1ccc(N2CCN(C(=O)c3ccc4c(c3)CC(C3CCCCC3)c3ccccc3S4)CC2)c(C)c1. The lowest BCUT2D eigenvalue weighted by atomic mass is 9.74. The van der Waals surface area contributed by atoms with Gasteiger partial charge >= 0.3 is 0 Å². The number of fused-ring (bicyclic) bond motifs is 2. The minimum Gasteiger partial charge on any atom is -0.368 e. The zero-order chi connectivity index (χ0) is 25.4. The summed E-state index contributed by atoms with van der Waals surface area (Å²) in [7, 11) is 0. The van der Waals surface area contributed by atoms with Crippen molar-refractivity contribution in [2.45, 2.75) is 68.1 Å². The molecule has 6 rings (SSSR count). The first-order chi connectivity index (χ1) is 18.1. The number of carbonyl (C=O) groups excluding carboxylic acids is 1. The van der Waals surface area contributed by atoms with Crippen molar-refractivity contribution in [2.75, 3.05) is 31.1 Å². The summed E-state index contributed by atoms with van der Waals surface area (Å²) in [6, 6.07) is 22.2. The first-order valence-electron chi connectivity index (χ1n) is 14.1. The van der Waals surface area contributed by atoms with Crippen LogP contribution in [-0.4, -0.2) is 37.0 Å². The van der Waals surface area contributed by atoms with Gasteiger partial charge in [-0.25, -0.2) is 0 Å². The molecule has 2 heterocycles. The van der Waals surface area contributed by atoms with E-state index in [1.165, 1.54) is 69.8 Å². The van der Waals surface area contributed by atoms with Gasteiger partial charge in [-0.1, -0.05) is 66.9 Å². The molecule has 2 aliphatic heterocycles. The summed E-state index contributed by atoms with van der Waals surface area (Å²) in [5.74, 6) is 1.49. The van der Waals surface area contributed by atoms with Crippen molar-refractivity contribution in [3.8, 4) is 0 Å². The average Bonchev–Trinajstić information content (AvgIpc) is 3.10. The van der Waals surface area contributed by atoms with Crippen LogP contribution >= 0.6 is 11.8 Å². The highest BCUT2D eigenvalue weighted by Crippen LogP contribution is 2.47. The molecule has 192 valence electrons. The predicted molar refractivity (Wildman–Crippen MR) is 154 cm³/mol. The standard InChI is InChI=1S/C33H38N2OS/c1-23-12-14-30(24(2)20-23)34-16-18-35(19-17-34)33(36)26-13-15-31-27(21-26)22-29(25-8-4-3-5-9-25)28-10-6-7-11-32(28)37-31/h6-7,10-15,20-21,25,29H,3-5,8-9,16-19,22H2,1-2H3. The maximum absolute atomic E-state index is 13.6. The Morgan fingerprint density at radius 2 is 1.62 bits per heavy atom. The number of nitrogens with zero attached hydrogens (tertiary/aromatic N) is 2. The van der Waals surface area contributed by atoms with Gasteiger partial charge in [0.15, 0.2) is 0 Å². The molecule has 3 aliphatic rings. The monoisotopic (exact) mass is 510 g/mol. The summed E-state index contributed by atoms with van der Waals surface area (Å²) < 4.78 is 0. The number of carbonyl (C=O) groups is 1. The number of anilines is 1. The molecule has 37 heavy (non-hydrogen) atoms. The summed E-state index contributed by atoms with van der Waals surface area (Å²) in [5, 5.41) is 0. The molecular formula is C33H38N2OS. The van der Waals surface area contributed by atoms with Crippen molar-refractivity contribution in [1.82, 2.24) is 4.90 Å². The highest BCUT2D eigenvalue weighted by molar-refractivity contribution is 7.99. The van der Waals surface area contributed by atoms with E-state index in [1.54, 1.807) is 0 Å². The third kappa shape index (κ3) is 5.05. The molecular weight excluding hydrogens is 472 g/mol. The first-order valence-corrected chi connectivity index (χ1v) is 14.9. The molecule has 3 nitrogen and oxygen atoms in total. The largest absolute Gasteiger partial charge is 0.368 e. The molecule has 0 aromatic heterocycles. The van der Waals surface area contributed by atoms with Crippen LogP contribution < -0.4 is 4.90 Å². The minimum absolute atomic E-state index is 0.184. The van der Waals surface area contributed by atoms with Gasteiger partial charge in [0, 0.05) is 47.2 Å². The van der Waals surface area contributed by atoms with E-state index in [0.717, 1.165) is 44.1 Å². The van der Waals surface area contributed by atoms with Crippen molar-refractivity contribution in [3.63, 3.8) is 0 Å². The van der Waals surface area contributed by atoms with Crippen molar-refractivity contribution in [2.24, 2.45) is 5.92 Å². The molecule has 3 aromatic carbocycles. The fraction of sp³-hybridized carbons (Fsp3) is 0.424. The number of hydrogen-bond acceptors (Lipinski definition) is 3. The van der Waals surface area contributed by atoms with Crippen LogP contribution in [0.5, 0.6) is 0 Å². The fourth-order valence-electron chi connectivity index (χ4n) is 6.77. The number of aryl methyl sites for hydroxylation is 2. The molecule has 1 atom stereocenters. The molecule has 0 bridgehead atoms. The van der Waals surface area contributed by atoms with Crippen molar-refractivity contribution in [3.05, 3.63) is 88.5 Å². The molecule has 1 saturated heterocycles. The third-order valence-corrected chi connectivity index (χ3v) is 9.97. The molecule has 4 heteroatoms. The van der Waals surface area contributed by atoms with Crippen LogP contribution in [0.3, 0.4) is 0 Å². The number of amides is 1. The highest BCUT2D eigenvalue weighted by atomic mass is 32.2. The van der Waals surface area contributed by atoms with Gasteiger partial charge in [0.2, 0.25) is 0 Å². The molecule has 1 amide bonds. The Morgan fingerprint density at radius 3 is 2.41 bits per heavy atom. The second kappa shape index (κ2) is 10.6. The lowest BCUT2D eigenvalue weighted by molar-refractivity contribution is 0.0746. The molecule has 1 saturated carbocycles. The van der Waals surface area contributed by atoms with E-state index < -0.39 is 0 Å². The smallest absolute Gasteiger partial charge is 0.253 e. The van der Waals surface area contributed by atoms with Crippen molar-refractivity contribution >= 4 is 23.4 Å². The lowest BCUT2D eigenvalue weighted by Gasteiger charge is -2.37. The summed E-state index contributed by atoms with van der Waals surface area (Å²) in [6.45, 7) is 7.64. The first kappa shape index (κ1) is 24.6. The van der Waals surface area contributed by atoms with E-state index in [4.69, 9.17) is 0 Å². The minimum atomic E-state index is 0.184. The van der Waals surface area contributed by atoms with Gasteiger partial charge < -0.3 is 9.80 Å². The maximum atomic E-state index is 13.6. The van der Waals surface area contributed by atoms with E-state index in [-0.39, 0.29) is 5.91 Å². The summed E-state index contributed by atoms with van der Waals surface area (Å²) in [4.78, 5) is 20.8. The Morgan fingerprint density at radius 1 is 0.838 bits per heavy atom. The van der Waals surface area contributed by atoms with Crippen molar-refractivity contribution < 1.29 is 4.79 Å². The Hall–Kier alpha value is -2.72. The van der Waals surface area contributed by atoms with Crippen LogP contribution in [0.25, 0.3) is 0 Å².